The lowest BCUT2D eigenvalue weighted by Gasteiger charge is -2.33. The molecule has 0 aliphatic carbocycles. The third-order valence-corrected chi connectivity index (χ3v) is 2.66. The van der Waals surface area contributed by atoms with Gasteiger partial charge in [0.1, 0.15) is 0 Å². The van der Waals surface area contributed by atoms with E-state index in [1.165, 1.54) is 0 Å². The monoisotopic (exact) mass is 222 g/mol. The number of benzene rings is 1. The van der Waals surface area contributed by atoms with Crippen molar-refractivity contribution in [3.05, 3.63) is 35.9 Å². The smallest absolute Gasteiger partial charge is 0.338 e. The largest absolute Gasteiger partial charge is 0.479 e. The van der Waals surface area contributed by atoms with Gasteiger partial charge < -0.3 is 14.6 Å². The van der Waals surface area contributed by atoms with E-state index in [-0.39, 0.29) is 6.61 Å². The highest BCUT2D eigenvalue weighted by molar-refractivity contribution is 5.78. The molecule has 1 aromatic rings. The van der Waals surface area contributed by atoms with Gasteiger partial charge in [-0.05, 0) is 5.56 Å². The Hall–Kier alpha value is -1.39. The Labute approximate surface area is 93.8 Å². The van der Waals surface area contributed by atoms with Gasteiger partial charge in [0.25, 0.3) is 0 Å². The number of rotatable bonds is 3. The number of carboxylic acids is 1. The van der Waals surface area contributed by atoms with Crippen molar-refractivity contribution in [2.24, 2.45) is 0 Å². The quantitative estimate of drug-likeness (QED) is 0.832. The van der Waals surface area contributed by atoms with Gasteiger partial charge >= 0.3 is 5.97 Å². The maximum absolute atomic E-state index is 11.3. The van der Waals surface area contributed by atoms with Crippen molar-refractivity contribution in [1.82, 2.24) is 0 Å². The number of carbonyl (C=O) groups is 1. The molecule has 1 saturated heterocycles. The van der Waals surface area contributed by atoms with Gasteiger partial charge in [0.15, 0.2) is 5.60 Å². The van der Waals surface area contributed by atoms with E-state index in [0.29, 0.717) is 19.6 Å². The highest BCUT2D eigenvalue weighted by Crippen LogP contribution is 2.22. The first kappa shape index (κ1) is 11.1. The number of carboxylic acid groups (broad SMARTS) is 1. The van der Waals surface area contributed by atoms with E-state index in [1.54, 1.807) is 0 Å². The Morgan fingerprint density at radius 1 is 1.31 bits per heavy atom. The molecule has 0 aromatic heterocycles. The molecule has 4 heteroatoms. The summed E-state index contributed by atoms with van der Waals surface area (Å²) in [6.07, 6.45) is 0.336. The standard InChI is InChI=1S/C12H14O4/c13-11(14)12(9-15-6-7-16-12)8-10-4-2-1-3-5-10/h1-5H,6-9H2,(H,13,14). The molecule has 4 nitrogen and oxygen atoms in total. The third kappa shape index (κ3) is 2.23. The molecular weight excluding hydrogens is 208 g/mol. The third-order valence-electron chi connectivity index (χ3n) is 2.66. The summed E-state index contributed by atoms with van der Waals surface area (Å²) in [6.45, 7) is 0.903. The van der Waals surface area contributed by atoms with Crippen LogP contribution in [-0.2, 0) is 20.7 Å². The molecule has 0 bridgehead atoms. The summed E-state index contributed by atoms with van der Waals surface area (Å²) in [5.74, 6) is -0.962. The van der Waals surface area contributed by atoms with Crippen LogP contribution in [0.4, 0.5) is 0 Å². The van der Waals surface area contributed by atoms with Crippen LogP contribution in [0.3, 0.4) is 0 Å². The van der Waals surface area contributed by atoms with E-state index in [4.69, 9.17) is 9.47 Å². The second-order valence-corrected chi connectivity index (χ2v) is 3.86. The fourth-order valence-corrected chi connectivity index (χ4v) is 1.80. The molecule has 1 N–H and O–H groups in total. The highest BCUT2D eigenvalue weighted by atomic mass is 16.6. The second kappa shape index (κ2) is 4.63. The minimum Gasteiger partial charge on any atom is -0.479 e. The van der Waals surface area contributed by atoms with Gasteiger partial charge in [0.05, 0.1) is 19.8 Å². The minimum absolute atomic E-state index is 0.108. The first-order valence-electron chi connectivity index (χ1n) is 5.22. The first-order valence-corrected chi connectivity index (χ1v) is 5.22. The lowest BCUT2D eigenvalue weighted by Crippen LogP contribution is -2.51. The molecule has 0 spiro atoms. The average Bonchev–Trinajstić information content (AvgIpc) is 2.31. The molecule has 1 aromatic carbocycles. The Balaban J connectivity index is 2.17. The Morgan fingerprint density at radius 2 is 2.06 bits per heavy atom. The van der Waals surface area contributed by atoms with Crippen LogP contribution in [0.1, 0.15) is 5.56 Å². The lowest BCUT2D eigenvalue weighted by atomic mass is 9.94. The fraction of sp³-hybridized carbons (Fsp3) is 0.417. The normalized spacial score (nSPS) is 25.2. The SMILES string of the molecule is O=C(O)C1(Cc2ccccc2)COCCO1. The van der Waals surface area contributed by atoms with Crippen molar-refractivity contribution < 1.29 is 19.4 Å². The zero-order chi connectivity index (χ0) is 11.4. The van der Waals surface area contributed by atoms with Crippen LogP contribution >= 0.6 is 0 Å². The van der Waals surface area contributed by atoms with Crippen molar-refractivity contribution in [3.63, 3.8) is 0 Å². The van der Waals surface area contributed by atoms with Gasteiger partial charge in [-0.15, -0.1) is 0 Å². The van der Waals surface area contributed by atoms with Gasteiger partial charge in [-0.25, -0.2) is 4.79 Å². The van der Waals surface area contributed by atoms with E-state index < -0.39 is 11.6 Å². The van der Waals surface area contributed by atoms with Crippen LogP contribution in [0, 0.1) is 0 Å². The summed E-state index contributed by atoms with van der Waals surface area (Å²) < 4.78 is 10.6. The summed E-state index contributed by atoms with van der Waals surface area (Å²) in [5, 5.41) is 9.25. The maximum atomic E-state index is 11.3. The summed E-state index contributed by atoms with van der Waals surface area (Å²) in [6, 6.07) is 9.45. The molecule has 0 radical (unpaired) electrons. The summed E-state index contributed by atoms with van der Waals surface area (Å²) in [7, 11) is 0. The average molecular weight is 222 g/mol. The number of hydrogen-bond donors (Lipinski definition) is 1. The van der Waals surface area contributed by atoms with E-state index in [2.05, 4.69) is 0 Å². The van der Waals surface area contributed by atoms with Gasteiger partial charge in [0.2, 0.25) is 0 Å². The predicted molar refractivity (Wildman–Crippen MR) is 57.3 cm³/mol. The molecule has 1 unspecified atom stereocenters. The summed E-state index contributed by atoms with van der Waals surface area (Å²) in [5.41, 5.74) is -0.282. The Morgan fingerprint density at radius 3 is 2.62 bits per heavy atom. The molecule has 16 heavy (non-hydrogen) atoms. The minimum atomic E-state index is -1.22. The molecule has 1 fully saturated rings. The molecule has 1 atom stereocenters. The van der Waals surface area contributed by atoms with E-state index >= 15 is 0 Å². The molecule has 1 aliphatic rings. The van der Waals surface area contributed by atoms with Crippen molar-refractivity contribution in [2.45, 2.75) is 12.0 Å². The van der Waals surface area contributed by atoms with Crippen molar-refractivity contribution in [3.8, 4) is 0 Å². The molecule has 86 valence electrons. The molecule has 2 rings (SSSR count). The van der Waals surface area contributed by atoms with Crippen molar-refractivity contribution >= 4 is 5.97 Å². The zero-order valence-corrected chi connectivity index (χ0v) is 8.89. The van der Waals surface area contributed by atoms with Crippen LogP contribution in [0.15, 0.2) is 30.3 Å². The Bertz CT molecular complexity index is 355. The van der Waals surface area contributed by atoms with Crippen molar-refractivity contribution in [1.29, 1.82) is 0 Å². The number of aliphatic carboxylic acids is 1. The molecule has 1 aliphatic heterocycles. The molecular formula is C12H14O4. The van der Waals surface area contributed by atoms with Crippen LogP contribution in [0.5, 0.6) is 0 Å². The lowest BCUT2D eigenvalue weighted by molar-refractivity contribution is -0.193. The summed E-state index contributed by atoms with van der Waals surface area (Å²) in [4.78, 5) is 11.3. The van der Waals surface area contributed by atoms with E-state index in [9.17, 15) is 9.90 Å². The topological polar surface area (TPSA) is 55.8 Å². The first-order chi connectivity index (χ1) is 7.73. The number of hydrogen-bond acceptors (Lipinski definition) is 3. The van der Waals surface area contributed by atoms with E-state index in [0.717, 1.165) is 5.56 Å². The predicted octanol–water partition coefficient (Wildman–Crippen LogP) is 1.10. The fourth-order valence-electron chi connectivity index (χ4n) is 1.80. The van der Waals surface area contributed by atoms with E-state index in [1.807, 2.05) is 30.3 Å². The van der Waals surface area contributed by atoms with Gasteiger partial charge in [-0.1, -0.05) is 30.3 Å². The van der Waals surface area contributed by atoms with Crippen LogP contribution in [0.2, 0.25) is 0 Å². The molecule has 1 heterocycles. The second-order valence-electron chi connectivity index (χ2n) is 3.86. The van der Waals surface area contributed by atoms with Gasteiger partial charge in [0, 0.05) is 6.42 Å². The highest BCUT2D eigenvalue weighted by Gasteiger charge is 2.42. The van der Waals surface area contributed by atoms with Crippen molar-refractivity contribution in [2.75, 3.05) is 19.8 Å². The summed E-state index contributed by atoms with van der Waals surface area (Å²) >= 11 is 0. The van der Waals surface area contributed by atoms with Gasteiger partial charge in [-0.3, -0.25) is 0 Å². The van der Waals surface area contributed by atoms with Crippen LogP contribution < -0.4 is 0 Å². The molecule has 0 saturated carbocycles. The van der Waals surface area contributed by atoms with Crippen LogP contribution in [0.25, 0.3) is 0 Å². The van der Waals surface area contributed by atoms with Crippen LogP contribution in [-0.4, -0.2) is 36.5 Å². The van der Waals surface area contributed by atoms with Gasteiger partial charge in [-0.2, -0.15) is 0 Å². The molecule has 0 amide bonds. The zero-order valence-electron chi connectivity index (χ0n) is 8.89. The maximum Gasteiger partial charge on any atom is 0.338 e. The Kier molecular flexibility index (Phi) is 3.22. The number of ether oxygens (including phenoxy) is 2.